The van der Waals surface area contributed by atoms with Crippen LogP contribution in [0.3, 0.4) is 0 Å². The van der Waals surface area contributed by atoms with Gasteiger partial charge >= 0.3 is 0 Å². The van der Waals surface area contributed by atoms with Crippen LogP contribution in [0.15, 0.2) is 48.9 Å². The molecule has 0 bridgehead atoms. The van der Waals surface area contributed by atoms with Crippen molar-refractivity contribution in [2.24, 2.45) is 20.8 Å². The Bertz CT molecular complexity index is 809. The molecule has 1 aromatic carbocycles. The van der Waals surface area contributed by atoms with E-state index in [1.54, 1.807) is 42.9 Å². The SMILES string of the molecule is Cc1c(N(C)CS(N=O)(N=O)N=O)c(=O)n(-c2ccccc2)n1C. The Labute approximate surface area is 138 Å². The largest absolute Gasteiger partial charge is 0.355 e. The highest BCUT2D eigenvalue weighted by Gasteiger charge is 2.32. The number of hydrogen-bond acceptors (Lipinski definition) is 8. The van der Waals surface area contributed by atoms with Crippen molar-refractivity contribution in [2.45, 2.75) is 6.92 Å². The van der Waals surface area contributed by atoms with Crippen molar-refractivity contribution in [3.05, 3.63) is 61.1 Å². The fraction of sp³-hybridized carbons (Fsp3) is 0.308. The van der Waals surface area contributed by atoms with Crippen LogP contribution in [-0.2, 0) is 7.05 Å². The van der Waals surface area contributed by atoms with Gasteiger partial charge in [-0.05, 0) is 19.1 Å². The predicted octanol–water partition coefficient (Wildman–Crippen LogP) is 2.73. The number of nitroso groups, excluding NO2 is 3. The lowest BCUT2D eigenvalue weighted by Crippen LogP contribution is -2.28. The highest BCUT2D eigenvalue weighted by molar-refractivity contribution is 8.30. The normalized spacial score (nSPS) is 11.8. The molecule has 1 heterocycles. The predicted molar refractivity (Wildman–Crippen MR) is 94.0 cm³/mol. The zero-order valence-electron chi connectivity index (χ0n) is 13.3. The van der Waals surface area contributed by atoms with Gasteiger partial charge in [-0.25, -0.2) is 4.68 Å². The molecule has 0 aliphatic carbocycles. The van der Waals surface area contributed by atoms with E-state index in [1.165, 1.54) is 16.6 Å². The summed E-state index contributed by atoms with van der Waals surface area (Å²) in [7, 11) is -0.304. The van der Waals surface area contributed by atoms with Gasteiger partial charge in [0, 0.05) is 27.8 Å². The van der Waals surface area contributed by atoms with Crippen LogP contribution in [0.1, 0.15) is 5.69 Å². The van der Waals surface area contributed by atoms with Gasteiger partial charge in [0.2, 0.25) is 0 Å². The Hall–Kier alpha value is -2.82. The van der Waals surface area contributed by atoms with Crippen LogP contribution < -0.4 is 10.5 Å². The molecule has 0 radical (unpaired) electrons. The molecule has 0 aliphatic heterocycles. The van der Waals surface area contributed by atoms with E-state index in [4.69, 9.17) is 0 Å². The fourth-order valence-corrected chi connectivity index (χ4v) is 3.30. The molecule has 0 fully saturated rings. The van der Waals surface area contributed by atoms with Gasteiger partial charge in [0.25, 0.3) is 5.56 Å². The molecule has 2 aromatic rings. The Morgan fingerprint density at radius 3 is 2.12 bits per heavy atom. The summed E-state index contributed by atoms with van der Waals surface area (Å²) >= 11 is 0. The first-order chi connectivity index (χ1) is 11.4. The highest BCUT2D eigenvalue weighted by atomic mass is 32.3. The third kappa shape index (κ3) is 2.85. The quantitative estimate of drug-likeness (QED) is 0.710. The summed E-state index contributed by atoms with van der Waals surface area (Å²) in [6.45, 7) is 1.71. The number of anilines is 1. The van der Waals surface area contributed by atoms with Crippen LogP contribution in [0.5, 0.6) is 0 Å². The minimum atomic E-state index is -3.48. The third-order valence-corrected chi connectivity index (χ3v) is 5.08. The molecular weight excluding hydrogens is 336 g/mol. The first-order valence-electron chi connectivity index (χ1n) is 6.80. The summed E-state index contributed by atoms with van der Waals surface area (Å²) in [6.07, 6.45) is 0. The summed E-state index contributed by atoms with van der Waals surface area (Å²) < 4.78 is 10.5. The number of hydrogen-bond donors (Lipinski definition) is 0. The van der Waals surface area contributed by atoms with Gasteiger partial charge in [-0.2, -0.15) is 0 Å². The second-order valence-electron chi connectivity index (χ2n) is 5.09. The van der Waals surface area contributed by atoms with Crippen molar-refractivity contribution >= 4 is 16.3 Å². The highest BCUT2D eigenvalue weighted by Crippen LogP contribution is 2.52. The summed E-state index contributed by atoms with van der Waals surface area (Å²) in [4.78, 5) is 46.5. The topological polar surface area (TPSA) is 118 Å². The molecule has 11 heteroatoms. The Kier molecular flexibility index (Phi) is 4.93. The zero-order valence-corrected chi connectivity index (χ0v) is 14.1. The molecule has 0 N–H and O–H groups in total. The average Bonchev–Trinajstić information content (AvgIpc) is 2.83. The standard InChI is InChI=1S/C13H16N6O4S/c1-10-12(17(2)9-24(14-21,15-22)16-23)13(20)19(18(10)3)11-7-5-4-6-8-11/h4-8H,9H2,1-3H3. The number of benzene rings is 1. The number of nitrogens with zero attached hydrogens (tertiary/aromatic N) is 6. The van der Waals surface area contributed by atoms with Crippen molar-refractivity contribution in [3.63, 3.8) is 0 Å². The molecule has 1 aromatic heterocycles. The molecule has 0 aliphatic rings. The summed E-state index contributed by atoms with van der Waals surface area (Å²) in [5, 5.41) is 0. The van der Waals surface area contributed by atoms with Crippen molar-refractivity contribution in [3.8, 4) is 5.69 Å². The van der Waals surface area contributed by atoms with Crippen molar-refractivity contribution in [1.29, 1.82) is 0 Å². The molecule has 0 spiro atoms. The number of para-hydroxylation sites is 1. The van der Waals surface area contributed by atoms with Crippen LogP contribution >= 0.6 is 10.6 Å². The van der Waals surface area contributed by atoms with E-state index < -0.39 is 16.5 Å². The van der Waals surface area contributed by atoms with E-state index >= 15 is 0 Å². The maximum absolute atomic E-state index is 12.8. The van der Waals surface area contributed by atoms with E-state index in [0.717, 1.165) is 0 Å². The maximum Gasteiger partial charge on any atom is 0.295 e. The van der Waals surface area contributed by atoms with E-state index in [1.807, 2.05) is 6.07 Å². The molecule has 0 amide bonds. The maximum atomic E-state index is 12.8. The van der Waals surface area contributed by atoms with Crippen molar-refractivity contribution in [2.75, 3.05) is 17.8 Å². The van der Waals surface area contributed by atoms with E-state index in [9.17, 15) is 19.5 Å². The second kappa shape index (κ2) is 6.74. The van der Waals surface area contributed by atoms with Crippen molar-refractivity contribution < 1.29 is 0 Å². The van der Waals surface area contributed by atoms with Crippen LogP contribution in [-0.4, -0.2) is 22.3 Å². The van der Waals surface area contributed by atoms with Gasteiger partial charge in [-0.15, -0.1) is 14.7 Å². The van der Waals surface area contributed by atoms with Crippen LogP contribution in [0.25, 0.3) is 5.69 Å². The van der Waals surface area contributed by atoms with E-state index in [0.29, 0.717) is 11.4 Å². The van der Waals surface area contributed by atoms with E-state index in [-0.39, 0.29) is 11.2 Å². The van der Waals surface area contributed by atoms with Gasteiger partial charge in [-0.1, -0.05) is 18.2 Å². The van der Waals surface area contributed by atoms with Crippen LogP contribution in [0, 0.1) is 21.6 Å². The lowest BCUT2D eigenvalue weighted by Gasteiger charge is -2.23. The number of rotatable bonds is 7. The molecule has 0 saturated carbocycles. The van der Waals surface area contributed by atoms with Gasteiger partial charge in [0.05, 0.1) is 11.4 Å². The minimum absolute atomic E-state index is 0.231. The van der Waals surface area contributed by atoms with Gasteiger partial charge in [0.1, 0.15) is 11.6 Å². The van der Waals surface area contributed by atoms with Crippen LogP contribution in [0.4, 0.5) is 5.69 Å². The van der Waals surface area contributed by atoms with Crippen LogP contribution in [0.2, 0.25) is 0 Å². The summed E-state index contributed by atoms with van der Waals surface area (Å²) in [5.41, 5.74) is 1.11. The average molecular weight is 352 g/mol. The minimum Gasteiger partial charge on any atom is -0.355 e. The first kappa shape index (κ1) is 17.5. The molecule has 128 valence electrons. The van der Waals surface area contributed by atoms with Gasteiger partial charge < -0.3 is 4.90 Å². The smallest absolute Gasteiger partial charge is 0.295 e. The molecule has 0 atom stereocenters. The third-order valence-electron chi connectivity index (χ3n) is 3.63. The van der Waals surface area contributed by atoms with Gasteiger partial charge in [0.15, 0.2) is 10.6 Å². The Morgan fingerprint density at radius 2 is 1.62 bits per heavy atom. The van der Waals surface area contributed by atoms with E-state index in [2.05, 4.69) is 13.7 Å². The molecule has 0 unspecified atom stereocenters. The number of aromatic nitrogens is 2. The molecular formula is C13H16N6O4S. The molecule has 10 nitrogen and oxygen atoms in total. The molecule has 0 saturated heterocycles. The first-order valence-corrected chi connectivity index (χ1v) is 8.48. The Morgan fingerprint density at radius 1 is 1.08 bits per heavy atom. The summed E-state index contributed by atoms with van der Waals surface area (Å²) in [5.74, 6) is -0.446. The fourth-order valence-electron chi connectivity index (χ4n) is 2.43. The second-order valence-corrected chi connectivity index (χ2v) is 7.06. The lowest BCUT2D eigenvalue weighted by molar-refractivity contribution is 0.630. The molecule has 24 heavy (non-hydrogen) atoms. The monoisotopic (exact) mass is 352 g/mol. The zero-order chi connectivity index (χ0) is 17.9. The van der Waals surface area contributed by atoms with Crippen molar-refractivity contribution in [1.82, 2.24) is 9.36 Å². The lowest BCUT2D eigenvalue weighted by atomic mass is 10.3. The van der Waals surface area contributed by atoms with Gasteiger partial charge in [-0.3, -0.25) is 9.48 Å². The summed E-state index contributed by atoms with van der Waals surface area (Å²) in [6, 6.07) is 8.97. The Balaban J connectivity index is 2.53. The molecule has 2 rings (SSSR count).